The topological polar surface area (TPSA) is 263 Å². The Morgan fingerprint density at radius 3 is 1.80 bits per heavy atom. The highest BCUT2D eigenvalue weighted by molar-refractivity contribution is 7.86. The van der Waals surface area contributed by atoms with E-state index < -0.39 is 76.3 Å². The summed E-state index contributed by atoms with van der Waals surface area (Å²) in [5, 5.41) is 44.0. The van der Waals surface area contributed by atoms with Crippen LogP contribution in [0.1, 0.15) is 16.1 Å². The van der Waals surface area contributed by atoms with E-state index in [1.807, 2.05) is 0 Å². The Morgan fingerprint density at radius 1 is 0.829 bits per heavy atom. The van der Waals surface area contributed by atoms with Crippen LogP contribution in [0.15, 0.2) is 81.1 Å². The summed E-state index contributed by atoms with van der Waals surface area (Å²) in [6.45, 7) is 0. The number of carboxylic acids is 2. The number of anilines is 1. The van der Waals surface area contributed by atoms with E-state index in [1.165, 1.54) is 0 Å². The predicted molar refractivity (Wildman–Crippen MR) is 130 cm³/mol. The summed E-state index contributed by atoms with van der Waals surface area (Å²) in [4.78, 5) is 35.1. The van der Waals surface area contributed by atoms with Gasteiger partial charge in [-0.3, -0.25) is 13.9 Å². The molecule has 41 heavy (non-hydrogen) atoms. The lowest BCUT2D eigenvalue weighted by atomic mass is 10.1. The van der Waals surface area contributed by atoms with E-state index in [0.29, 0.717) is 9.69 Å². The molecule has 0 radical (unpaired) electrons. The van der Waals surface area contributed by atoms with Crippen molar-refractivity contribution < 1.29 is 55.6 Å². The molecule has 16 nitrogen and oxygen atoms in total. The first-order chi connectivity index (χ1) is 19.1. The van der Waals surface area contributed by atoms with E-state index in [-0.39, 0.29) is 11.4 Å². The number of hydrazone groups is 1. The van der Waals surface area contributed by atoms with Gasteiger partial charge in [0.2, 0.25) is 0 Å². The maximum absolute atomic E-state index is 12.9. The van der Waals surface area contributed by atoms with E-state index in [1.54, 1.807) is 0 Å². The first-order valence-electron chi connectivity index (χ1n) is 10.8. The molecule has 4 rings (SSSR count). The Morgan fingerprint density at radius 2 is 1.34 bits per heavy atom. The summed E-state index contributed by atoms with van der Waals surface area (Å²) >= 11 is 0. The van der Waals surface area contributed by atoms with Gasteiger partial charge in [0.1, 0.15) is 11.4 Å². The van der Waals surface area contributed by atoms with Crippen LogP contribution in [-0.2, 0) is 29.8 Å². The number of carbonyl (C=O) groups excluding carboxylic acids is 3. The molecule has 0 atom stereocenters. The molecule has 0 saturated heterocycles. The second-order valence-electron chi connectivity index (χ2n) is 8.00. The molecule has 0 spiro atoms. The zero-order chi connectivity index (χ0) is 30.3. The van der Waals surface area contributed by atoms with Crippen LogP contribution >= 0.6 is 0 Å². The molecule has 1 aliphatic heterocycles. The average Bonchev–Trinajstić information content (AvgIpc) is 3.40. The fourth-order valence-electron chi connectivity index (χ4n) is 3.54. The summed E-state index contributed by atoms with van der Waals surface area (Å²) in [5.74, 6) is -5.75. The Bertz CT molecular complexity index is 1910. The van der Waals surface area contributed by atoms with Crippen molar-refractivity contribution in [2.45, 2.75) is 9.79 Å². The molecule has 1 aliphatic rings. The lowest BCUT2D eigenvalue weighted by Gasteiger charge is -2.12. The zero-order valence-corrected chi connectivity index (χ0v) is 21.6. The molecule has 0 aliphatic carbocycles. The lowest BCUT2D eigenvalue weighted by molar-refractivity contribution is -0.294. The van der Waals surface area contributed by atoms with Crippen molar-refractivity contribution in [3.05, 3.63) is 77.5 Å². The Hall–Kier alpha value is -5.17. The van der Waals surface area contributed by atoms with Crippen LogP contribution in [0.4, 0.5) is 5.69 Å². The average molecular weight is 602 g/mol. The molecule has 0 bridgehead atoms. The van der Waals surface area contributed by atoms with Gasteiger partial charge in [0, 0.05) is 5.56 Å². The van der Waals surface area contributed by atoms with Gasteiger partial charge in [-0.05, 0) is 60.5 Å². The summed E-state index contributed by atoms with van der Waals surface area (Å²) in [6.07, 6.45) is 2.77. The van der Waals surface area contributed by atoms with Crippen LogP contribution in [0.3, 0.4) is 0 Å². The van der Waals surface area contributed by atoms with E-state index in [0.717, 1.165) is 66.8 Å². The normalized spacial score (nSPS) is 15.1. The van der Waals surface area contributed by atoms with Crippen molar-refractivity contribution in [3.63, 3.8) is 0 Å². The van der Waals surface area contributed by atoms with E-state index in [2.05, 4.69) is 10.2 Å². The Balaban J connectivity index is 1.69. The minimum Gasteiger partial charge on any atom is -0.858 e. The molecule has 1 aromatic heterocycles. The third-order valence-corrected chi connectivity index (χ3v) is 7.16. The maximum Gasteiger partial charge on any atom is 0.294 e. The fraction of sp³-hybridized carbons (Fsp3) is 0. The number of carbonyl (C=O) groups is 3. The molecule has 212 valence electrons. The van der Waals surface area contributed by atoms with Crippen molar-refractivity contribution in [3.8, 4) is 11.6 Å². The van der Waals surface area contributed by atoms with E-state index in [4.69, 9.17) is 9.11 Å². The van der Waals surface area contributed by atoms with Gasteiger partial charge in [0.25, 0.3) is 26.1 Å². The van der Waals surface area contributed by atoms with Crippen LogP contribution in [0, 0.1) is 0 Å². The molecule has 2 heterocycles. The summed E-state index contributed by atoms with van der Waals surface area (Å²) in [5.41, 5.74) is -2.91. The number of rotatable bonds is 8. The van der Waals surface area contributed by atoms with Crippen molar-refractivity contribution in [2.75, 3.05) is 5.01 Å². The van der Waals surface area contributed by atoms with Crippen molar-refractivity contribution in [1.82, 2.24) is 9.78 Å². The quantitative estimate of drug-likeness (QED) is 0.207. The van der Waals surface area contributed by atoms with Crippen molar-refractivity contribution >= 4 is 55.6 Å². The molecule has 0 saturated carbocycles. The van der Waals surface area contributed by atoms with Gasteiger partial charge in [0.05, 0.1) is 38.7 Å². The highest BCUT2D eigenvalue weighted by Gasteiger charge is 2.31. The van der Waals surface area contributed by atoms with Gasteiger partial charge in [0.15, 0.2) is 0 Å². The number of amides is 1. The van der Waals surface area contributed by atoms with E-state index in [9.17, 15) is 46.5 Å². The van der Waals surface area contributed by atoms with Crippen LogP contribution in [0.5, 0.6) is 5.88 Å². The second-order valence-corrected chi connectivity index (χ2v) is 10.8. The zero-order valence-electron chi connectivity index (χ0n) is 19.9. The molecule has 0 fully saturated rings. The number of nitrogens with zero attached hydrogens (tertiary/aromatic N) is 4. The van der Waals surface area contributed by atoms with Crippen molar-refractivity contribution in [1.29, 1.82) is 0 Å². The molecular weight excluding hydrogens is 588 g/mol. The largest absolute Gasteiger partial charge is 0.858 e. The maximum atomic E-state index is 12.9. The van der Waals surface area contributed by atoms with Crippen LogP contribution in [0.25, 0.3) is 11.8 Å². The highest BCUT2D eigenvalue weighted by Crippen LogP contribution is 2.27. The van der Waals surface area contributed by atoms with Gasteiger partial charge >= 0.3 is 0 Å². The van der Waals surface area contributed by atoms with Crippen LogP contribution < -0.4 is 20.3 Å². The van der Waals surface area contributed by atoms with Crippen LogP contribution in [-0.4, -0.2) is 59.3 Å². The standard InChI is InChI=1S/C23H16N4O12S2/c28-20-16(18(22(30)31)24-26(20)12-4-8-14(9-5-12)40(34,35)36)2-1-3-17-19(23(32)33)25-27(21(17)29)13-6-10-15(11-7-13)41(37,38)39/h1-11,28H,(H,30,31)(H,32,33)(H,34,35,36)(H,37,38,39)/p-3/b2-1+,17-3-. The summed E-state index contributed by atoms with van der Waals surface area (Å²) in [7, 11) is -9.09. The van der Waals surface area contributed by atoms with Crippen LogP contribution in [0.2, 0.25) is 0 Å². The highest BCUT2D eigenvalue weighted by atomic mass is 32.2. The van der Waals surface area contributed by atoms with E-state index >= 15 is 0 Å². The Kier molecular flexibility index (Phi) is 7.33. The number of carboxylic acid groups (broad SMARTS) is 2. The molecule has 18 heteroatoms. The van der Waals surface area contributed by atoms with Gasteiger partial charge in [-0.15, -0.1) is 0 Å². The number of benzene rings is 2. The van der Waals surface area contributed by atoms with Gasteiger partial charge < -0.3 is 24.9 Å². The van der Waals surface area contributed by atoms with Crippen molar-refractivity contribution in [2.24, 2.45) is 5.10 Å². The number of aromatic nitrogens is 2. The second kappa shape index (κ2) is 10.4. The number of aliphatic carboxylic acids is 1. The third-order valence-electron chi connectivity index (χ3n) is 5.43. The number of hydrogen-bond acceptors (Lipinski definition) is 12. The molecule has 2 N–H and O–H groups in total. The monoisotopic (exact) mass is 601 g/mol. The first-order valence-corrected chi connectivity index (χ1v) is 13.7. The summed E-state index contributed by atoms with van der Waals surface area (Å²) in [6, 6.07) is 8.06. The third kappa shape index (κ3) is 5.75. The minimum atomic E-state index is -4.54. The molecular formula is C23H13N4O12S2-3. The molecule has 1 amide bonds. The number of hydrogen-bond donors (Lipinski definition) is 2. The summed E-state index contributed by atoms with van der Waals surface area (Å²) < 4.78 is 63.7. The molecule has 3 aromatic rings. The molecule has 0 unspecified atom stereocenters. The Labute approximate surface area is 229 Å². The van der Waals surface area contributed by atoms with Gasteiger partial charge in [-0.2, -0.15) is 32.0 Å². The SMILES string of the molecule is O=C([O-])C1=NN(c2ccc(S(=O)(=O)O)cc2)C(=O)/C1=C\C=C\c1c(C(=O)[O-])nn(-c2ccc(S(=O)(=O)O)cc2)c1[O-]. The fourth-order valence-corrected chi connectivity index (χ4v) is 4.50. The lowest BCUT2D eigenvalue weighted by Crippen LogP contribution is -2.32. The minimum absolute atomic E-state index is 0.0732. The molecule has 2 aromatic carbocycles. The van der Waals surface area contributed by atoms with Gasteiger partial charge in [-0.25, -0.2) is 4.68 Å². The number of aromatic carboxylic acids is 1. The number of allylic oxidation sites excluding steroid dienone is 2. The first kappa shape index (κ1) is 28.8. The predicted octanol–water partition coefficient (Wildman–Crippen LogP) is -2.10. The smallest absolute Gasteiger partial charge is 0.294 e. The van der Waals surface area contributed by atoms with Gasteiger partial charge in [-0.1, -0.05) is 12.2 Å².